The van der Waals surface area contributed by atoms with Gasteiger partial charge in [-0.2, -0.15) is 0 Å². The molecule has 0 atom stereocenters. The monoisotopic (exact) mass is 523 g/mol. The van der Waals surface area contributed by atoms with Gasteiger partial charge in [0.15, 0.2) is 5.75 Å². The van der Waals surface area contributed by atoms with Crippen molar-refractivity contribution < 1.29 is 28.5 Å². The van der Waals surface area contributed by atoms with E-state index in [0.717, 1.165) is 17.0 Å². The molecule has 11 nitrogen and oxygen atoms in total. The van der Waals surface area contributed by atoms with Crippen molar-refractivity contribution in [3.8, 4) is 17.4 Å². The first kappa shape index (κ1) is 26.8. The molecular weight excluding hydrogens is 490 g/mol. The summed E-state index contributed by atoms with van der Waals surface area (Å²) < 4.78 is 23.5. The van der Waals surface area contributed by atoms with Gasteiger partial charge >= 0.3 is 12.1 Å². The minimum absolute atomic E-state index is 0.0226. The fraction of sp³-hybridized carbons (Fsp3) is 0.407. The molecule has 0 radical (unpaired) electrons. The maximum absolute atomic E-state index is 12.5. The summed E-state index contributed by atoms with van der Waals surface area (Å²) in [4.78, 5) is 28.8. The van der Waals surface area contributed by atoms with Gasteiger partial charge in [-0.05, 0) is 50.6 Å². The largest absolute Gasteiger partial charge is 0.497 e. The Bertz CT molecular complexity index is 1260. The van der Waals surface area contributed by atoms with Crippen LogP contribution in [0.25, 0.3) is 0 Å². The first-order valence-electron chi connectivity index (χ1n) is 12.3. The van der Waals surface area contributed by atoms with Gasteiger partial charge in [-0.3, -0.25) is 0 Å². The highest BCUT2D eigenvalue weighted by Crippen LogP contribution is 2.34. The molecule has 0 spiro atoms. The molecule has 2 aromatic carbocycles. The number of piperazine rings is 1. The van der Waals surface area contributed by atoms with Crippen molar-refractivity contribution in [2.75, 3.05) is 45.3 Å². The predicted molar refractivity (Wildman–Crippen MR) is 140 cm³/mol. The minimum atomic E-state index is -0.649. The molecule has 38 heavy (non-hydrogen) atoms. The van der Waals surface area contributed by atoms with Crippen molar-refractivity contribution in [1.29, 1.82) is 0 Å². The van der Waals surface area contributed by atoms with E-state index in [2.05, 4.69) is 15.2 Å². The summed E-state index contributed by atoms with van der Waals surface area (Å²) >= 11 is 0. The smallest absolute Gasteiger partial charge is 0.410 e. The molecule has 3 aromatic rings. The van der Waals surface area contributed by atoms with E-state index in [4.69, 9.17) is 18.9 Å². The van der Waals surface area contributed by atoms with Crippen LogP contribution < -0.4 is 14.4 Å². The highest BCUT2D eigenvalue weighted by molar-refractivity contribution is 5.89. The topological polar surface area (TPSA) is 108 Å². The van der Waals surface area contributed by atoms with Crippen LogP contribution in [0.15, 0.2) is 48.5 Å². The van der Waals surface area contributed by atoms with E-state index in [9.17, 15) is 9.59 Å². The van der Waals surface area contributed by atoms with Crippen molar-refractivity contribution in [1.82, 2.24) is 19.9 Å². The molecule has 0 aliphatic carbocycles. The van der Waals surface area contributed by atoms with E-state index in [1.54, 1.807) is 12.0 Å². The average Bonchev–Trinajstić information content (AvgIpc) is 3.30. The number of ether oxygens (including phenoxy) is 4. The van der Waals surface area contributed by atoms with Gasteiger partial charge in [0.25, 0.3) is 5.88 Å². The summed E-state index contributed by atoms with van der Waals surface area (Å²) in [5.41, 5.74) is 1.17. The predicted octanol–water partition coefficient (Wildman–Crippen LogP) is 3.97. The molecule has 11 heteroatoms. The number of nitrogens with zero attached hydrogens (tertiary/aromatic N) is 5. The van der Waals surface area contributed by atoms with Gasteiger partial charge in [0.1, 0.15) is 11.4 Å². The van der Waals surface area contributed by atoms with Gasteiger partial charge < -0.3 is 28.7 Å². The van der Waals surface area contributed by atoms with Crippen LogP contribution >= 0.6 is 0 Å². The molecule has 202 valence electrons. The molecule has 1 aliphatic heterocycles. The summed E-state index contributed by atoms with van der Waals surface area (Å²) in [6.07, 6.45) is -0.321. The van der Waals surface area contributed by atoms with Crippen LogP contribution in [0.5, 0.6) is 17.4 Å². The maximum atomic E-state index is 12.5. The number of anilines is 1. The molecular formula is C27H33N5O6. The zero-order valence-electron chi connectivity index (χ0n) is 22.3. The third-order valence-electron chi connectivity index (χ3n) is 5.90. The number of methoxy groups -OCH3 is 2. The quantitative estimate of drug-likeness (QED) is 0.425. The molecule has 1 aliphatic rings. The standard InChI is InChI=1S/C27H33N5O6/c1-27(2,3)38-26(34)31-16-14-30(15-17-31)21-8-6-7-9-22(21)37-24-23(25(33)36-5)28-29-32(24)18-19-10-12-20(35-4)13-11-19/h6-13H,14-18H2,1-5H3. The molecule has 1 aromatic heterocycles. The molecule has 1 fully saturated rings. The molecule has 1 amide bonds. The molecule has 0 bridgehead atoms. The lowest BCUT2D eigenvalue weighted by Crippen LogP contribution is -2.50. The number of rotatable bonds is 7. The second-order valence-electron chi connectivity index (χ2n) is 9.76. The highest BCUT2D eigenvalue weighted by Gasteiger charge is 2.28. The van der Waals surface area contributed by atoms with Crippen LogP contribution in [0.4, 0.5) is 10.5 Å². The molecule has 0 unspecified atom stereocenters. The molecule has 0 N–H and O–H groups in total. The van der Waals surface area contributed by atoms with Crippen LogP contribution in [0.3, 0.4) is 0 Å². The van der Waals surface area contributed by atoms with E-state index < -0.39 is 11.6 Å². The summed E-state index contributed by atoms with van der Waals surface area (Å²) in [6, 6.07) is 15.0. The molecule has 0 saturated carbocycles. The normalized spacial score (nSPS) is 13.7. The number of carbonyl (C=O) groups excluding carboxylic acids is 2. The second kappa shape index (κ2) is 11.4. The number of hydrogen-bond donors (Lipinski definition) is 0. The molecule has 4 rings (SSSR count). The number of hydrogen-bond acceptors (Lipinski definition) is 9. The summed E-state index contributed by atoms with van der Waals surface area (Å²) in [6.45, 7) is 8.07. The van der Waals surface area contributed by atoms with Gasteiger partial charge in [-0.1, -0.05) is 29.5 Å². The minimum Gasteiger partial charge on any atom is -0.497 e. The average molecular weight is 524 g/mol. The van der Waals surface area contributed by atoms with E-state index in [1.807, 2.05) is 69.3 Å². The van der Waals surface area contributed by atoms with Crippen molar-refractivity contribution in [3.05, 3.63) is 59.8 Å². The van der Waals surface area contributed by atoms with Crippen molar-refractivity contribution >= 4 is 17.7 Å². The van der Waals surface area contributed by atoms with Gasteiger partial charge in [-0.25, -0.2) is 14.3 Å². The zero-order valence-corrected chi connectivity index (χ0v) is 22.3. The van der Waals surface area contributed by atoms with Crippen molar-refractivity contribution in [2.24, 2.45) is 0 Å². The lowest BCUT2D eigenvalue weighted by Gasteiger charge is -2.37. The van der Waals surface area contributed by atoms with E-state index in [-0.39, 0.29) is 17.7 Å². The van der Waals surface area contributed by atoms with E-state index in [1.165, 1.54) is 11.8 Å². The highest BCUT2D eigenvalue weighted by atomic mass is 16.6. The van der Waals surface area contributed by atoms with Crippen LogP contribution in [-0.2, 0) is 16.0 Å². The number of amides is 1. The van der Waals surface area contributed by atoms with Gasteiger partial charge in [0.05, 0.1) is 26.5 Å². The Balaban J connectivity index is 1.55. The fourth-order valence-electron chi connectivity index (χ4n) is 4.00. The number of esters is 1. The number of benzene rings is 2. The Morgan fingerprint density at radius 1 is 0.947 bits per heavy atom. The van der Waals surface area contributed by atoms with Crippen LogP contribution in [0.1, 0.15) is 36.8 Å². The number of para-hydroxylation sites is 2. The Morgan fingerprint density at radius 2 is 1.63 bits per heavy atom. The maximum Gasteiger partial charge on any atom is 0.410 e. The van der Waals surface area contributed by atoms with Crippen LogP contribution in [0, 0.1) is 0 Å². The number of aromatic nitrogens is 3. The first-order chi connectivity index (χ1) is 18.2. The lowest BCUT2D eigenvalue weighted by molar-refractivity contribution is 0.0240. The van der Waals surface area contributed by atoms with Gasteiger partial charge in [0.2, 0.25) is 5.69 Å². The van der Waals surface area contributed by atoms with Crippen LogP contribution in [-0.4, -0.2) is 78.0 Å². The Morgan fingerprint density at radius 3 is 2.26 bits per heavy atom. The molecule has 1 saturated heterocycles. The Hall–Kier alpha value is -4.28. The molecule has 2 heterocycles. The first-order valence-corrected chi connectivity index (χ1v) is 12.3. The van der Waals surface area contributed by atoms with Crippen LogP contribution in [0.2, 0.25) is 0 Å². The summed E-state index contributed by atoms with van der Waals surface area (Å²) in [7, 11) is 2.89. The van der Waals surface area contributed by atoms with E-state index >= 15 is 0 Å². The Labute approximate surface area is 221 Å². The van der Waals surface area contributed by atoms with E-state index in [0.29, 0.717) is 38.5 Å². The summed E-state index contributed by atoms with van der Waals surface area (Å²) in [5.74, 6) is 0.790. The summed E-state index contributed by atoms with van der Waals surface area (Å²) in [5, 5.41) is 8.19. The van der Waals surface area contributed by atoms with Crippen molar-refractivity contribution in [2.45, 2.75) is 32.9 Å². The van der Waals surface area contributed by atoms with Crippen molar-refractivity contribution in [3.63, 3.8) is 0 Å². The third kappa shape index (κ3) is 6.34. The lowest BCUT2D eigenvalue weighted by atomic mass is 10.2. The SMILES string of the molecule is COC(=O)c1nnn(Cc2ccc(OC)cc2)c1Oc1ccccc1N1CCN(C(=O)OC(C)(C)C)CC1. The third-order valence-corrected chi connectivity index (χ3v) is 5.90. The number of carbonyl (C=O) groups is 2. The van der Waals surface area contributed by atoms with Gasteiger partial charge in [0, 0.05) is 26.2 Å². The second-order valence-corrected chi connectivity index (χ2v) is 9.76. The van der Waals surface area contributed by atoms with Gasteiger partial charge in [-0.15, -0.1) is 5.10 Å². The Kier molecular flexibility index (Phi) is 8.04. The zero-order chi connectivity index (χ0) is 27.3. The fourth-order valence-corrected chi connectivity index (χ4v) is 4.00.